The van der Waals surface area contributed by atoms with Crippen LogP contribution >= 0.6 is 0 Å². The highest BCUT2D eigenvalue weighted by molar-refractivity contribution is 5.96. The van der Waals surface area contributed by atoms with Crippen molar-refractivity contribution >= 4 is 16.8 Å². The molecule has 0 radical (unpaired) electrons. The zero-order chi connectivity index (χ0) is 24.5. The Morgan fingerprint density at radius 3 is 2.57 bits per heavy atom. The maximum absolute atomic E-state index is 13.9. The van der Waals surface area contributed by atoms with Crippen LogP contribution in [0.25, 0.3) is 11.1 Å². The van der Waals surface area contributed by atoms with Crippen LogP contribution in [0.2, 0.25) is 0 Å². The van der Waals surface area contributed by atoms with Crippen LogP contribution in [-0.2, 0) is 0 Å². The number of fused-ring (bicyclic) bond motifs is 1. The molecule has 3 aromatic carbocycles. The fourth-order valence-corrected chi connectivity index (χ4v) is 4.74. The Kier molecular flexibility index (Phi) is 6.34. The molecule has 0 bridgehead atoms. The predicted molar refractivity (Wildman–Crippen MR) is 133 cm³/mol. The van der Waals surface area contributed by atoms with E-state index in [2.05, 4.69) is 4.90 Å². The van der Waals surface area contributed by atoms with Crippen molar-refractivity contribution in [3.05, 3.63) is 83.2 Å². The van der Waals surface area contributed by atoms with Crippen LogP contribution in [-0.4, -0.2) is 42.9 Å². The summed E-state index contributed by atoms with van der Waals surface area (Å²) in [5, 5.41) is 10.0. The topological polar surface area (TPSA) is 68.0 Å². The molecule has 5 rings (SSSR count). The van der Waals surface area contributed by atoms with E-state index < -0.39 is 11.9 Å². The first-order valence-electron chi connectivity index (χ1n) is 11.7. The van der Waals surface area contributed by atoms with Crippen LogP contribution < -0.4 is 15.2 Å². The van der Waals surface area contributed by atoms with Gasteiger partial charge in [-0.25, -0.2) is 4.39 Å². The van der Waals surface area contributed by atoms with Gasteiger partial charge in [0.1, 0.15) is 35.8 Å². The Balaban J connectivity index is 1.40. The highest BCUT2D eigenvalue weighted by atomic mass is 19.1. The van der Waals surface area contributed by atoms with E-state index in [0.29, 0.717) is 12.4 Å². The normalized spacial score (nSPS) is 18.1. The lowest BCUT2D eigenvalue weighted by Crippen LogP contribution is -2.49. The first-order valence-corrected chi connectivity index (χ1v) is 11.7. The van der Waals surface area contributed by atoms with Gasteiger partial charge in [-0.3, -0.25) is 9.29 Å². The molecule has 0 saturated carbocycles. The maximum Gasteiger partial charge on any atom is 0.150 e. The Bertz CT molecular complexity index is 1250. The van der Waals surface area contributed by atoms with Gasteiger partial charge in [0.05, 0.1) is 12.4 Å². The fourth-order valence-electron chi connectivity index (χ4n) is 4.74. The standard InChI is InChI=1S/C28H28F2N2O3/c1-17-23-13-21(33)5-9-26(23)35-28(27(17)20-4-8-24(30)25(31)12-20)19-2-6-22(7-3-19)34-11-10-32-15-18(14-29)16-32/h2-9,12-13,18,28,33H,10-11,14-16,31H2,1H3/t28-/m0/s1. The van der Waals surface area contributed by atoms with Gasteiger partial charge in [-0.2, -0.15) is 0 Å². The van der Waals surface area contributed by atoms with Crippen molar-refractivity contribution in [1.82, 2.24) is 4.90 Å². The molecular weight excluding hydrogens is 450 g/mol. The van der Waals surface area contributed by atoms with Crippen molar-refractivity contribution in [2.24, 2.45) is 5.92 Å². The van der Waals surface area contributed by atoms with E-state index in [-0.39, 0.29) is 24.0 Å². The zero-order valence-electron chi connectivity index (χ0n) is 19.5. The highest BCUT2D eigenvalue weighted by Gasteiger charge is 2.30. The number of hydrogen-bond donors (Lipinski definition) is 2. The molecule has 1 atom stereocenters. The van der Waals surface area contributed by atoms with E-state index in [0.717, 1.165) is 53.2 Å². The lowest BCUT2D eigenvalue weighted by Gasteiger charge is -2.37. The van der Waals surface area contributed by atoms with Gasteiger partial charge in [0, 0.05) is 36.7 Å². The van der Waals surface area contributed by atoms with Gasteiger partial charge < -0.3 is 20.3 Å². The zero-order valence-corrected chi connectivity index (χ0v) is 19.5. The van der Waals surface area contributed by atoms with Crippen molar-refractivity contribution in [2.75, 3.05) is 38.6 Å². The summed E-state index contributed by atoms with van der Waals surface area (Å²) in [6.07, 6.45) is -0.454. The van der Waals surface area contributed by atoms with Crippen molar-refractivity contribution in [1.29, 1.82) is 0 Å². The molecule has 35 heavy (non-hydrogen) atoms. The van der Waals surface area contributed by atoms with Gasteiger partial charge in [-0.1, -0.05) is 18.2 Å². The van der Waals surface area contributed by atoms with E-state index in [9.17, 15) is 13.9 Å². The summed E-state index contributed by atoms with van der Waals surface area (Å²) in [7, 11) is 0. The van der Waals surface area contributed by atoms with Crippen molar-refractivity contribution in [3.8, 4) is 17.2 Å². The molecule has 182 valence electrons. The lowest BCUT2D eigenvalue weighted by molar-refractivity contribution is 0.0668. The maximum atomic E-state index is 13.9. The van der Waals surface area contributed by atoms with Gasteiger partial charge in [-0.05, 0) is 66.1 Å². The summed E-state index contributed by atoms with van der Waals surface area (Å²) in [4.78, 5) is 2.18. The summed E-state index contributed by atoms with van der Waals surface area (Å²) >= 11 is 0. The molecule has 3 N–H and O–H groups in total. The average Bonchev–Trinajstić information content (AvgIpc) is 2.83. The minimum Gasteiger partial charge on any atom is -0.508 e. The molecule has 7 heteroatoms. The Morgan fingerprint density at radius 1 is 1.09 bits per heavy atom. The van der Waals surface area contributed by atoms with E-state index in [1.54, 1.807) is 30.3 Å². The number of phenolic OH excluding ortho intramolecular Hbond substituents is 1. The number of nitrogens with two attached hydrogens (primary N) is 1. The smallest absolute Gasteiger partial charge is 0.150 e. The molecule has 0 spiro atoms. The Labute approximate surface area is 203 Å². The first kappa shape index (κ1) is 23.2. The molecule has 0 aliphatic carbocycles. The summed E-state index contributed by atoms with van der Waals surface area (Å²) < 4.78 is 38.8. The highest BCUT2D eigenvalue weighted by Crippen LogP contribution is 2.47. The third-order valence-electron chi connectivity index (χ3n) is 6.70. The molecule has 0 aromatic heterocycles. The van der Waals surface area contributed by atoms with E-state index in [1.165, 1.54) is 6.07 Å². The molecule has 3 aromatic rings. The molecule has 5 nitrogen and oxygen atoms in total. The number of rotatable bonds is 7. The summed E-state index contributed by atoms with van der Waals surface area (Å²) in [6.45, 7) is 4.59. The molecule has 2 aliphatic rings. The van der Waals surface area contributed by atoms with Gasteiger partial charge in [0.2, 0.25) is 0 Å². The fraction of sp³-hybridized carbons (Fsp3) is 0.286. The lowest BCUT2D eigenvalue weighted by atomic mass is 9.86. The minimum atomic E-state index is -0.474. The second kappa shape index (κ2) is 9.58. The number of halogens is 2. The summed E-state index contributed by atoms with van der Waals surface area (Å²) in [6, 6.07) is 17.4. The largest absolute Gasteiger partial charge is 0.508 e. The van der Waals surface area contributed by atoms with Crippen LogP contribution in [0.1, 0.15) is 29.7 Å². The predicted octanol–water partition coefficient (Wildman–Crippen LogP) is 5.46. The Hall–Kier alpha value is -3.58. The summed E-state index contributed by atoms with van der Waals surface area (Å²) in [5.41, 5.74) is 10.1. The quantitative estimate of drug-likeness (QED) is 0.442. The number of hydrogen-bond acceptors (Lipinski definition) is 5. The number of phenols is 1. The number of likely N-dealkylation sites (tertiary alicyclic amines) is 1. The van der Waals surface area contributed by atoms with Gasteiger partial charge in [0.15, 0.2) is 0 Å². The Morgan fingerprint density at radius 2 is 1.86 bits per heavy atom. The third-order valence-corrected chi connectivity index (χ3v) is 6.70. The van der Waals surface area contributed by atoms with Crippen molar-refractivity contribution in [3.63, 3.8) is 0 Å². The van der Waals surface area contributed by atoms with Crippen LogP contribution in [0.5, 0.6) is 17.2 Å². The monoisotopic (exact) mass is 478 g/mol. The average molecular weight is 479 g/mol. The minimum absolute atomic E-state index is 0.0621. The molecule has 1 saturated heterocycles. The second-order valence-electron chi connectivity index (χ2n) is 9.15. The third kappa shape index (κ3) is 4.68. The second-order valence-corrected chi connectivity index (χ2v) is 9.15. The number of nitrogens with zero attached hydrogens (tertiary/aromatic N) is 1. The number of ether oxygens (including phenoxy) is 2. The number of benzene rings is 3. The molecule has 0 unspecified atom stereocenters. The number of nitrogen functional groups attached to an aromatic ring is 1. The molecular formula is C28H28F2N2O3. The molecule has 2 aliphatic heterocycles. The number of anilines is 1. The van der Waals surface area contributed by atoms with Crippen LogP contribution in [0.4, 0.5) is 14.5 Å². The van der Waals surface area contributed by atoms with Crippen LogP contribution in [0.15, 0.2) is 60.7 Å². The van der Waals surface area contributed by atoms with Gasteiger partial charge in [0.25, 0.3) is 0 Å². The van der Waals surface area contributed by atoms with Crippen LogP contribution in [0, 0.1) is 11.7 Å². The van der Waals surface area contributed by atoms with Crippen molar-refractivity contribution in [2.45, 2.75) is 13.0 Å². The van der Waals surface area contributed by atoms with E-state index >= 15 is 0 Å². The number of allylic oxidation sites excluding steroid dienone is 1. The molecule has 2 heterocycles. The van der Waals surface area contributed by atoms with Gasteiger partial charge >= 0.3 is 0 Å². The van der Waals surface area contributed by atoms with Gasteiger partial charge in [-0.15, -0.1) is 0 Å². The molecule has 1 fully saturated rings. The van der Waals surface area contributed by atoms with E-state index in [1.807, 2.05) is 31.2 Å². The summed E-state index contributed by atoms with van der Waals surface area (Å²) in [5.74, 6) is 1.23. The van der Waals surface area contributed by atoms with E-state index in [4.69, 9.17) is 15.2 Å². The molecule has 0 amide bonds. The number of alkyl halides is 1. The first-order chi connectivity index (χ1) is 16.9. The SMILES string of the molecule is CC1=C(c2ccc(F)c(N)c2)[C@H](c2ccc(OCCN3CC(CF)C3)cc2)Oc2ccc(O)cc21. The van der Waals surface area contributed by atoms with Crippen molar-refractivity contribution < 1.29 is 23.4 Å². The number of aromatic hydroxyl groups is 1. The van der Waals surface area contributed by atoms with Crippen LogP contribution in [0.3, 0.4) is 0 Å².